The van der Waals surface area contributed by atoms with Gasteiger partial charge in [0.05, 0.1) is 12.1 Å². The summed E-state index contributed by atoms with van der Waals surface area (Å²) in [5.74, 6) is 5.05. The van der Waals surface area contributed by atoms with Crippen molar-refractivity contribution in [2.45, 2.75) is 50.7 Å². The molecule has 78 valence electrons. The highest BCUT2D eigenvalue weighted by atomic mass is 16.8. The van der Waals surface area contributed by atoms with Gasteiger partial charge in [0.25, 0.3) is 0 Å². The van der Waals surface area contributed by atoms with Crippen LogP contribution >= 0.6 is 0 Å². The zero-order valence-corrected chi connectivity index (χ0v) is 7.98. The van der Waals surface area contributed by atoms with Crippen molar-refractivity contribution < 1.29 is 9.57 Å². The van der Waals surface area contributed by atoms with Crippen molar-refractivity contribution in [2.75, 3.05) is 0 Å². The molecule has 6 N–H and O–H groups in total. The van der Waals surface area contributed by atoms with E-state index in [0.717, 1.165) is 19.3 Å². The van der Waals surface area contributed by atoms with Gasteiger partial charge >= 0.3 is 0 Å². The van der Waals surface area contributed by atoms with Crippen LogP contribution in [0.25, 0.3) is 0 Å². The van der Waals surface area contributed by atoms with Gasteiger partial charge in [-0.05, 0) is 19.3 Å². The fourth-order valence-corrected chi connectivity index (χ4v) is 1.54. The number of hydrogen-bond donors (Lipinski definition) is 3. The minimum absolute atomic E-state index is 0.0262. The molecule has 0 aromatic heterocycles. The third-order valence-electron chi connectivity index (χ3n) is 2.53. The van der Waals surface area contributed by atoms with Crippen molar-refractivity contribution in [1.29, 1.82) is 0 Å². The molecule has 5 nitrogen and oxygen atoms in total. The van der Waals surface area contributed by atoms with Crippen molar-refractivity contribution in [3.05, 3.63) is 0 Å². The van der Waals surface area contributed by atoms with E-state index < -0.39 is 6.29 Å². The Kier molecular flexibility index (Phi) is 4.08. The molecule has 0 saturated carbocycles. The summed E-state index contributed by atoms with van der Waals surface area (Å²) in [7, 11) is 0. The summed E-state index contributed by atoms with van der Waals surface area (Å²) in [6, 6.07) is -0.0875. The molecular formula is C8H19N3O2. The molecule has 3 unspecified atom stereocenters. The van der Waals surface area contributed by atoms with Crippen LogP contribution in [0.15, 0.2) is 0 Å². The van der Waals surface area contributed by atoms with E-state index in [-0.39, 0.29) is 18.2 Å². The van der Waals surface area contributed by atoms with Gasteiger partial charge in [-0.25, -0.2) is 5.90 Å². The van der Waals surface area contributed by atoms with Crippen molar-refractivity contribution in [2.24, 2.45) is 17.4 Å². The monoisotopic (exact) mass is 189 g/mol. The Hall–Kier alpha value is -0.200. The van der Waals surface area contributed by atoms with Crippen LogP contribution < -0.4 is 17.4 Å². The second-order valence-electron chi connectivity index (χ2n) is 3.49. The quantitative estimate of drug-likeness (QED) is 0.517. The highest BCUT2D eigenvalue weighted by molar-refractivity contribution is 4.81. The minimum atomic E-state index is -0.503. The van der Waals surface area contributed by atoms with Crippen LogP contribution in [0.3, 0.4) is 0 Å². The second-order valence-corrected chi connectivity index (χ2v) is 3.49. The summed E-state index contributed by atoms with van der Waals surface area (Å²) < 4.78 is 5.50. The molecule has 0 aromatic rings. The molecule has 1 saturated heterocycles. The predicted molar refractivity (Wildman–Crippen MR) is 49.4 cm³/mol. The lowest BCUT2D eigenvalue weighted by molar-refractivity contribution is -0.209. The number of hydrogen-bond acceptors (Lipinski definition) is 5. The van der Waals surface area contributed by atoms with Gasteiger partial charge in [0.2, 0.25) is 0 Å². The number of ether oxygens (including phenoxy) is 1. The average molecular weight is 189 g/mol. The summed E-state index contributed by atoms with van der Waals surface area (Å²) >= 11 is 0. The Morgan fingerprint density at radius 3 is 2.77 bits per heavy atom. The lowest BCUT2D eigenvalue weighted by atomic mass is 9.98. The number of nitrogens with two attached hydrogens (primary N) is 3. The summed E-state index contributed by atoms with van der Waals surface area (Å²) in [5, 5.41) is 0. The Morgan fingerprint density at radius 1 is 1.54 bits per heavy atom. The van der Waals surface area contributed by atoms with E-state index in [2.05, 4.69) is 4.84 Å². The lowest BCUT2D eigenvalue weighted by Gasteiger charge is -2.35. The first-order valence-corrected chi connectivity index (χ1v) is 4.71. The molecule has 1 aliphatic heterocycles. The lowest BCUT2D eigenvalue weighted by Crippen LogP contribution is -2.51. The van der Waals surface area contributed by atoms with E-state index in [1.807, 2.05) is 6.92 Å². The standard InChI is InChI=1S/C8H19N3O2/c1-2-5(9)7-4-3-6(10)8(12-7)13-11/h5-8H,2-4,9-11H2,1H3/t5?,6?,7?,8-/m1/s1. The fourth-order valence-electron chi connectivity index (χ4n) is 1.54. The Morgan fingerprint density at radius 2 is 2.23 bits per heavy atom. The highest BCUT2D eigenvalue weighted by Crippen LogP contribution is 2.20. The van der Waals surface area contributed by atoms with Crippen LogP contribution in [-0.4, -0.2) is 24.5 Å². The van der Waals surface area contributed by atoms with E-state index in [4.69, 9.17) is 22.1 Å². The first kappa shape index (κ1) is 10.9. The maximum absolute atomic E-state index is 5.85. The third-order valence-corrected chi connectivity index (χ3v) is 2.53. The summed E-state index contributed by atoms with van der Waals surface area (Å²) in [6.45, 7) is 2.03. The summed E-state index contributed by atoms with van der Waals surface area (Å²) in [5.41, 5.74) is 11.6. The van der Waals surface area contributed by atoms with Gasteiger partial charge in [-0.15, -0.1) is 0 Å². The summed E-state index contributed by atoms with van der Waals surface area (Å²) in [4.78, 5) is 4.63. The average Bonchev–Trinajstić information content (AvgIpc) is 2.17. The van der Waals surface area contributed by atoms with Crippen LogP contribution in [0.4, 0.5) is 0 Å². The predicted octanol–water partition coefficient (Wildman–Crippen LogP) is -0.554. The van der Waals surface area contributed by atoms with Gasteiger partial charge in [0, 0.05) is 6.04 Å². The molecule has 1 fully saturated rings. The zero-order chi connectivity index (χ0) is 9.84. The van der Waals surface area contributed by atoms with Crippen molar-refractivity contribution in [3.8, 4) is 0 Å². The highest BCUT2D eigenvalue weighted by Gasteiger charge is 2.31. The van der Waals surface area contributed by atoms with Gasteiger partial charge in [-0.2, -0.15) is 0 Å². The topological polar surface area (TPSA) is 96.5 Å². The molecule has 0 aliphatic carbocycles. The second kappa shape index (κ2) is 4.88. The van der Waals surface area contributed by atoms with E-state index in [0.29, 0.717) is 0 Å². The molecule has 5 heteroatoms. The van der Waals surface area contributed by atoms with Gasteiger partial charge in [-0.3, -0.25) is 4.84 Å². The smallest absolute Gasteiger partial charge is 0.192 e. The molecule has 1 rings (SSSR count). The fraction of sp³-hybridized carbons (Fsp3) is 1.00. The zero-order valence-electron chi connectivity index (χ0n) is 7.98. The van der Waals surface area contributed by atoms with Crippen molar-refractivity contribution in [3.63, 3.8) is 0 Å². The van der Waals surface area contributed by atoms with E-state index >= 15 is 0 Å². The normalized spacial score (nSPS) is 37.4. The SMILES string of the molecule is CCC(N)C1CCC(N)[C@@H](ON)O1. The van der Waals surface area contributed by atoms with Crippen LogP contribution in [0.5, 0.6) is 0 Å². The van der Waals surface area contributed by atoms with Crippen LogP contribution in [0.2, 0.25) is 0 Å². The molecule has 13 heavy (non-hydrogen) atoms. The largest absolute Gasteiger partial charge is 0.344 e. The first-order chi connectivity index (χ1) is 6.19. The maximum Gasteiger partial charge on any atom is 0.192 e. The molecule has 0 bridgehead atoms. The minimum Gasteiger partial charge on any atom is -0.344 e. The molecule has 0 aromatic carbocycles. The van der Waals surface area contributed by atoms with Gasteiger partial charge in [0.1, 0.15) is 0 Å². The van der Waals surface area contributed by atoms with Crippen LogP contribution in [0, 0.1) is 0 Å². The Labute approximate surface area is 78.5 Å². The number of rotatable bonds is 3. The van der Waals surface area contributed by atoms with Gasteiger partial charge < -0.3 is 16.2 Å². The third kappa shape index (κ3) is 2.62. The van der Waals surface area contributed by atoms with E-state index in [9.17, 15) is 0 Å². The molecule has 0 spiro atoms. The molecule has 4 atom stereocenters. The van der Waals surface area contributed by atoms with E-state index in [1.54, 1.807) is 0 Å². The van der Waals surface area contributed by atoms with Crippen LogP contribution in [-0.2, 0) is 9.57 Å². The molecular weight excluding hydrogens is 170 g/mol. The Bertz CT molecular complexity index is 156. The molecule has 0 amide bonds. The van der Waals surface area contributed by atoms with Crippen molar-refractivity contribution in [1.82, 2.24) is 0 Å². The maximum atomic E-state index is 5.85. The van der Waals surface area contributed by atoms with Gasteiger partial charge in [0.15, 0.2) is 6.29 Å². The molecule has 0 radical (unpaired) electrons. The Balaban J connectivity index is 2.44. The molecule has 1 heterocycles. The van der Waals surface area contributed by atoms with Gasteiger partial charge in [-0.1, -0.05) is 6.92 Å². The molecule has 1 aliphatic rings. The first-order valence-electron chi connectivity index (χ1n) is 4.71. The van der Waals surface area contributed by atoms with E-state index in [1.165, 1.54) is 0 Å². The van der Waals surface area contributed by atoms with Crippen molar-refractivity contribution >= 4 is 0 Å². The summed E-state index contributed by atoms with van der Waals surface area (Å²) in [6.07, 6.45) is 2.14. The van der Waals surface area contributed by atoms with Crippen LogP contribution in [0.1, 0.15) is 26.2 Å².